The molecular formula is C32H50NO2P. The van der Waals surface area contributed by atoms with E-state index >= 15 is 0 Å². The smallest absolute Gasteiger partial charge is 0.188 e. The van der Waals surface area contributed by atoms with Crippen molar-refractivity contribution in [2.75, 3.05) is 13.9 Å². The maximum absolute atomic E-state index is 6.31. The zero-order valence-electron chi connectivity index (χ0n) is 24.5. The molecule has 0 bridgehead atoms. The quantitative estimate of drug-likeness (QED) is 0.123. The number of rotatable bonds is 12. The Kier molecular flexibility index (Phi) is 11.2. The summed E-state index contributed by atoms with van der Waals surface area (Å²) in [5.41, 5.74) is 5.07. The van der Waals surface area contributed by atoms with E-state index < -0.39 is 0 Å². The van der Waals surface area contributed by atoms with Crippen LogP contribution in [0, 0.1) is 6.92 Å². The third-order valence-corrected chi connectivity index (χ3v) is 8.79. The van der Waals surface area contributed by atoms with Gasteiger partial charge in [0.15, 0.2) is 6.79 Å². The van der Waals surface area contributed by atoms with Gasteiger partial charge in [-0.25, -0.2) is 0 Å². The van der Waals surface area contributed by atoms with Gasteiger partial charge >= 0.3 is 0 Å². The second-order valence-electron chi connectivity index (χ2n) is 12.0. The number of hydrogen-bond donors (Lipinski definition) is 0. The molecule has 2 atom stereocenters. The molecule has 0 N–H and O–H groups in total. The van der Waals surface area contributed by atoms with Crippen LogP contribution >= 0.6 is 8.58 Å². The van der Waals surface area contributed by atoms with Gasteiger partial charge in [-0.3, -0.25) is 4.99 Å². The fourth-order valence-corrected chi connectivity index (χ4v) is 6.30. The molecule has 200 valence electrons. The molecule has 3 nitrogen and oxygen atoms in total. The first-order valence-corrected chi connectivity index (χ1v) is 14.6. The summed E-state index contributed by atoms with van der Waals surface area (Å²) in [6.45, 7) is 20.4. The molecule has 4 heteroatoms. The van der Waals surface area contributed by atoms with Gasteiger partial charge in [0.25, 0.3) is 0 Å². The highest BCUT2D eigenvalue weighted by atomic mass is 31.1. The number of aryl methyl sites for hydroxylation is 1. The molecule has 0 saturated heterocycles. The fourth-order valence-electron chi connectivity index (χ4n) is 4.51. The highest BCUT2D eigenvalue weighted by molar-refractivity contribution is 7.48. The monoisotopic (exact) mass is 511 g/mol. The molecule has 0 aliphatic heterocycles. The summed E-state index contributed by atoms with van der Waals surface area (Å²) in [5, 5.41) is 1.36. The first-order valence-electron chi connectivity index (χ1n) is 13.6. The van der Waals surface area contributed by atoms with Gasteiger partial charge < -0.3 is 9.47 Å². The maximum Gasteiger partial charge on any atom is 0.188 e. The van der Waals surface area contributed by atoms with E-state index in [0.717, 1.165) is 18.6 Å². The van der Waals surface area contributed by atoms with E-state index in [-0.39, 0.29) is 22.9 Å². The third-order valence-electron chi connectivity index (χ3n) is 6.71. The molecule has 2 aromatic rings. The van der Waals surface area contributed by atoms with Gasteiger partial charge in [-0.2, -0.15) is 0 Å². The molecule has 2 unspecified atom stereocenters. The minimum Gasteiger partial charge on any atom is -0.467 e. The van der Waals surface area contributed by atoms with Crippen LogP contribution in [-0.2, 0) is 15.3 Å². The summed E-state index contributed by atoms with van der Waals surface area (Å²) in [7, 11) is 2.31. The Labute approximate surface area is 223 Å². The molecule has 0 amide bonds. The molecule has 2 aromatic carbocycles. The second-order valence-corrected chi connectivity index (χ2v) is 13.8. The standard InChI is InChI=1S/C32H50NO2P/c1-11-13-16-19-32(12-2,36-28-18-15-14-17-25(28)22-33-31(7,8)9)27-21-26(30(4,5)6)20-24(3)29(27)35-23-34-10/h14-15,17-18,20-22,36H,11-13,16,19,23H2,1-10H3/b33-22+. The van der Waals surface area contributed by atoms with Crippen molar-refractivity contribution in [3.8, 4) is 5.75 Å². The molecule has 0 heterocycles. The first-order chi connectivity index (χ1) is 16.9. The Morgan fingerprint density at radius 3 is 2.25 bits per heavy atom. The number of unbranched alkanes of at least 4 members (excludes halogenated alkanes) is 2. The Balaban J connectivity index is 2.75. The summed E-state index contributed by atoms with van der Waals surface area (Å²) in [6, 6.07) is 13.5. The van der Waals surface area contributed by atoms with E-state index in [4.69, 9.17) is 14.5 Å². The van der Waals surface area contributed by atoms with E-state index in [0.29, 0.717) is 8.58 Å². The number of hydrogen-bond acceptors (Lipinski definition) is 3. The molecule has 0 aromatic heterocycles. The molecule has 0 aliphatic rings. The molecule has 2 rings (SSSR count). The highest BCUT2D eigenvalue weighted by Crippen LogP contribution is 2.53. The van der Waals surface area contributed by atoms with Crippen LogP contribution in [0.15, 0.2) is 41.4 Å². The van der Waals surface area contributed by atoms with Crippen LogP contribution in [0.3, 0.4) is 0 Å². The van der Waals surface area contributed by atoms with Crippen molar-refractivity contribution in [2.24, 2.45) is 4.99 Å². The number of nitrogens with zero attached hydrogens (tertiary/aromatic N) is 1. The number of methoxy groups -OCH3 is 1. The van der Waals surface area contributed by atoms with Crippen molar-refractivity contribution in [3.63, 3.8) is 0 Å². The van der Waals surface area contributed by atoms with Crippen LogP contribution in [0.2, 0.25) is 0 Å². The minimum absolute atomic E-state index is 0.0179. The van der Waals surface area contributed by atoms with E-state index in [1.807, 2.05) is 0 Å². The van der Waals surface area contributed by atoms with Crippen molar-refractivity contribution >= 4 is 20.1 Å². The van der Waals surface area contributed by atoms with E-state index in [2.05, 4.69) is 105 Å². The lowest BCUT2D eigenvalue weighted by atomic mass is 9.80. The van der Waals surface area contributed by atoms with Gasteiger partial charge in [0.2, 0.25) is 0 Å². The van der Waals surface area contributed by atoms with Gasteiger partial charge in [-0.15, -0.1) is 0 Å². The number of aliphatic imine (C=N–C) groups is 1. The highest BCUT2D eigenvalue weighted by Gasteiger charge is 2.36. The Morgan fingerprint density at radius 2 is 1.67 bits per heavy atom. The van der Waals surface area contributed by atoms with Crippen molar-refractivity contribution in [2.45, 2.75) is 111 Å². The van der Waals surface area contributed by atoms with Crippen LogP contribution in [0.5, 0.6) is 5.75 Å². The van der Waals surface area contributed by atoms with Crippen molar-refractivity contribution in [3.05, 3.63) is 58.7 Å². The van der Waals surface area contributed by atoms with Crippen LogP contribution in [-0.4, -0.2) is 25.7 Å². The normalized spacial score (nSPS) is 14.6. The zero-order valence-corrected chi connectivity index (χ0v) is 25.5. The van der Waals surface area contributed by atoms with Gasteiger partial charge in [0, 0.05) is 24.0 Å². The summed E-state index contributed by atoms with van der Waals surface area (Å²) < 4.78 is 11.7. The lowest BCUT2D eigenvalue weighted by Crippen LogP contribution is -2.27. The van der Waals surface area contributed by atoms with Gasteiger partial charge in [0.05, 0.1) is 5.54 Å². The average molecular weight is 512 g/mol. The molecule has 0 aliphatic carbocycles. The van der Waals surface area contributed by atoms with Gasteiger partial charge in [-0.1, -0.05) is 98.9 Å². The van der Waals surface area contributed by atoms with Crippen LogP contribution in [0.1, 0.15) is 110 Å². The Morgan fingerprint density at radius 1 is 0.972 bits per heavy atom. The average Bonchev–Trinajstić information content (AvgIpc) is 2.80. The van der Waals surface area contributed by atoms with E-state index in [1.165, 1.54) is 46.8 Å². The largest absolute Gasteiger partial charge is 0.467 e. The lowest BCUT2D eigenvalue weighted by Gasteiger charge is -2.37. The topological polar surface area (TPSA) is 30.8 Å². The maximum atomic E-state index is 6.31. The lowest BCUT2D eigenvalue weighted by molar-refractivity contribution is 0.0493. The molecule has 36 heavy (non-hydrogen) atoms. The summed E-state index contributed by atoms with van der Waals surface area (Å²) in [5.74, 6) is 0.997. The van der Waals surface area contributed by atoms with Crippen molar-refractivity contribution in [1.82, 2.24) is 0 Å². The fraction of sp³-hybridized carbons (Fsp3) is 0.594. The van der Waals surface area contributed by atoms with E-state index in [9.17, 15) is 0 Å². The van der Waals surface area contributed by atoms with Crippen LogP contribution in [0.25, 0.3) is 0 Å². The van der Waals surface area contributed by atoms with Crippen LogP contribution in [0.4, 0.5) is 0 Å². The SMILES string of the molecule is CCCCCC(CC)(Pc1ccccc1/C=N/C(C)(C)C)c1cc(C(C)(C)C)cc(C)c1OCOC. The van der Waals surface area contributed by atoms with Gasteiger partial charge in [0.1, 0.15) is 5.75 Å². The van der Waals surface area contributed by atoms with E-state index in [1.54, 1.807) is 7.11 Å². The molecular weight excluding hydrogens is 461 g/mol. The molecule has 0 fully saturated rings. The molecule has 0 spiro atoms. The summed E-state index contributed by atoms with van der Waals surface area (Å²) >= 11 is 0. The van der Waals surface area contributed by atoms with Crippen LogP contribution < -0.4 is 10.0 Å². The Bertz CT molecular complexity index is 1000. The van der Waals surface area contributed by atoms with Crippen molar-refractivity contribution < 1.29 is 9.47 Å². The molecule has 0 radical (unpaired) electrons. The minimum atomic E-state index is -0.0987. The van der Waals surface area contributed by atoms with Crippen molar-refractivity contribution in [1.29, 1.82) is 0 Å². The Hall–Kier alpha value is -1.70. The predicted octanol–water partition coefficient (Wildman–Crippen LogP) is 8.68. The second kappa shape index (κ2) is 13.2. The zero-order chi connectivity index (χ0) is 27.0. The predicted molar refractivity (Wildman–Crippen MR) is 160 cm³/mol. The van der Waals surface area contributed by atoms with Gasteiger partial charge in [-0.05, 0) is 67.9 Å². The number of benzene rings is 2. The molecule has 0 saturated carbocycles. The summed E-state index contributed by atoms with van der Waals surface area (Å²) in [4.78, 5) is 4.85. The summed E-state index contributed by atoms with van der Waals surface area (Å²) in [6.07, 6.45) is 7.93. The number of ether oxygens (including phenoxy) is 2. The first kappa shape index (κ1) is 30.5. The third kappa shape index (κ3) is 8.42.